The molecule has 0 aromatic heterocycles. The molecule has 0 radical (unpaired) electrons. The van der Waals surface area contributed by atoms with Crippen molar-refractivity contribution < 1.29 is 22.7 Å². The summed E-state index contributed by atoms with van der Waals surface area (Å²) < 4.78 is 30.9. The minimum absolute atomic E-state index is 0.0105. The predicted molar refractivity (Wildman–Crippen MR) is 107 cm³/mol. The lowest BCUT2D eigenvalue weighted by molar-refractivity contribution is -0.118. The Morgan fingerprint density at radius 2 is 2.04 bits per heavy atom. The number of ether oxygens (including phenoxy) is 1. The van der Waals surface area contributed by atoms with Gasteiger partial charge < -0.3 is 15.4 Å². The summed E-state index contributed by atoms with van der Waals surface area (Å²) in [6, 6.07) is 9.32. The smallest absolute Gasteiger partial charge is 0.262 e. The van der Waals surface area contributed by atoms with Crippen LogP contribution >= 0.6 is 11.6 Å². The average Bonchev–Trinajstić information content (AvgIpc) is 2.63. The van der Waals surface area contributed by atoms with Crippen LogP contribution in [0, 0.1) is 6.92 Å². The Hall–Kier alpha value is -2.58. The summed E-state index contributed by atoms with van der Waals surface area (Å²) >= 11 is 5.94. The fourth-order valence-electron chi connectivity index (χ4n) is 2.77. The number of sulfone groups is 1. The Labute approximate surface area is 168 Å². The first-order chi connectivity index (χ1) is 13.2. The van der Waals surface area contributed by atoms with E-state index >= 15 is 0 Å². The van der Waals surface area contributed by atoms with Crippen LogP contribution in [-0.4, -0.2) is 32.1 Å². The maximum Gasteiger partial charge on any atom is 0.262 e. The van der Waals surface area contributed by atoms with Crippen LogP contribution in [0.4, 0.5) is 11.4 Å². The van der Waals surface area contributed by atoms with Crippen molar-refractivity contribution in [3.8, 4) is 5.75 Å². The van der Waals surface area contributed by atoms with E-state index in [4.69, 9.17) is 16.3 Å². The first-order valence-electron chi connectivity index (χ1n) is 8.53. The topological polar surface area (TPSA) is 102 Å². The van der Waals surface area contributed by atoms with Crippen LogP contribution in [0.5, 0.6) is 5.75 Å². The number of nitrogens with one attached hydrogen (secondary N) is 2. The molecule has 0 spiro atoms. The molecule has 1 aliphatic heterocycles. The van der Waals surface area contributed by atoms with Gasteiger partial charge in [-0.3, -0.25) is 9.59 Å². The normalized spacial score (nSPS) is 14.5. The maximum atomic E-state index is 12.9. The zero-order valence-electron chi connectivity index (χ0n) is 15.3. The molecule has 1 atom stereocenters. The molecule has 7 nitrogen and oxygen atoms in total. The number of amides is 2. The van der Waals surface area contributed by atoms with E-state index in [1.54, 1.807) is 18.2 Å². The summed E-state index contributed by atoms with van der Waals surface area (Å²) in [5.41, 5.74) is 1.65. The quantitative estimate of drug-likeness (QED) is 0.770. The fourth-order valence-corrected chi connectivity index (χ4v) is 4.32. The van der Waals surface area contributed by atoms with Crippen molar-refractivity contribution in [2.45, 2.75) is 30.4 Å². The van der Waals surface area contributed by atoms with E-state index in [9.17, 15) is 18.0 Å². The first-order valence-corrected chi connectivity index (χ1v) is 10.5. The lowest BCUT2D eigenvalue weighted by Crippen LogP contribution is -2.27. The molecule has 2 aromatic carbocycles. The van der Waals surface area contributed by atoms with E-state index in [1.807, 2.05) is 6.92 Å². The Morgan fingerprint density at radius 1 is 1.29 bits per heavy atom. The van der Waals surface area contributed by atoms with Crippen molar-refractivity contribution in [3.63, 3.8) is 0 Å². The van der Waals surface area contributed by atoms with Gasteiger partial charge in [-0.05, 0) is 49.7 Å². The molecule has 0 aliphatic carbocycles. The van der Waals surface area contributed by atoms with Gasteiger partial charge in [-0.1, -0.05) is 17.7 Å². The second-order valence-electron chi connectivity index (χ2n) is 6.56. The van der Waals surface area contributed by atoms with Gasteiger partial charge in [-0.2, -0.15) is 0 Å². The number of hydrogen-bond acceptors (Lipinski definition) is 5. The first kappa shape index (κ1) is 20.2. The van der Waals surface area contributed by atoms with E-state index in [0.717, 1.165) is 5.56 Å². The second kappa shape index (κ2) is 7.81. The number of aryl methyl sites for hydroxylation is 1. The standard InChI is InChI=1S/C19H19ClN2O5S/c1-11-3-4-13(20)8-15(11)21-18(23)7-12(2)28(25,26)14-5-6-17-16(9-14)22-19(24)10-27-17/h3-6,8-9,12H,7,10H2,1-2H3,(H,21,23)(H,22,24). The molecule has 3 rings (SSSR count). The highest BCUT2D eigenvalue weighted by Crippen LogP contribution is 2.32. The SMILES string of the molecule is Cc1ccc(Cl)cc1NC(=O)CC(C)S(=O)(=O)c1ccc2c(c1)NC(=O)CO2. The van der Waals surface area contributed by atoms with Gasteiger partial charge in [0.1, 0.15) is 5.75 Å². The zero-order valence-corrected chi connectivity index (χ0v) is 16.9. The van der Waals surface area contributed by atoms with E-state index in [2.05, 4.69) is 10.6 Å². The summed E-state index contributed by atoms with van der Waals surface area (Å²) in [4.78, 5) is 23.8. The number of benzene rings is 2. The van der Waals surface area contributed by atoms with E-state index in [0.29, 0.717) is 22.1 Å². The molecule has 1 heterocycles. The summed E-state index contributed by atoms with van der Waals surface area (Å²) in [7, 11) is -3.79. The fraction of sp³-hybridized carbons (Fsp3) is 0.263. The van der Waals surface area contributed by atoms with Crippen LogP contribution in [0.25, 0.3) is 0 Å². The van der Waals surface area contributed by atoms with E-state index < -0.39 is 21.0 Å². The summed E-state index contributed by atoms with van der Waals surface area (Å²) in [6.07, 6.45) is -0.228. The van der Waals surface area contributed by atoms with Crippen molar-refractivity contribution in [2.75, 3.05) is 17.2 Å². The number of hydrogen-bond donors (Lipinski definition) is 2. The molecule has 148 valence electrons. The third-order valence-corrected chi connectivity index (χ3v) is 6.76. The van der Waals surface area contributed by atoms with Gasteiger partial charge in [-0.25, -0.2) is 8.42 Å². The third-order valence-electron chi connectivity index (χ3n) is 4.39. The van der Waals surface area contributed by atoms with Gasteiger partial charge in [0.2, 0.25) is 5.91 Å². The van der Waals surface area contributed by atoms with Gasteiger partial charge in [0.05, 0.1) is 15.8 Å². The van der Waals surface area contributed by atoms with Gasteiger partial charge in [-0.15, -0.1) is 0 Å². The molecule has 2 N–H and O–H groups in total. The van der Waals surface area contributed by atoms with Crippen LogP contribution in [0.1, 0.15) is 18.9 Å². The second-order valence-corrected chi connectivity index (χ2v) is 9.36. The van der Waals surface area contributed by atoms with E-state index in [-0.39, 0.29) is 23.8 Å². The van der Waals surface area contributed by atoms with Crippen molar-refractivity contribution in [3.05, 3.63) is 47.0 Å². The van der Waals surface area contributed by atoms with Crippen LogP contribution in [0.3, 0.4) is 0 Å². The van der Waals surface area contributed by atoms with Gasteiger partial charge in [0.25, 0.3) is 5.91 Å². The van der Waals surface area contributed by atoms with Gasteiger partial charge in [0, 0.05) is 17.1 Å². The number of anilines is 2. The van der Waals surface area contributed by atoms with Crippen molar-refractivity contribution in [2.24, 2.45) is 0 Å². The molecule has 0 bridgehead atoms. The van der Waals surface area contributed by atoms with Crippen molar-refractivity contribution in [1.82, 2.24) is 0 Å². The molecule has 2 aromatic rings. The molecule has 1 aliphatic rings. The van der Waals surface area contributed by atoms with Crippen LogP contribution in [0.15, 0.2) is 41.3 Å². The Morgan fingerprint density at radius 3 is 2.79 bits per heavy atom. The molecule has 0 fully saturated rings. The van der Waals surface area contributed by atoms with Crippen molar-refractivity contribution >= 4 is 44.6 Å². The van der Waals surface area contributed by atoms with Gasteiger partial charge >= 0.3 is 0 Å². The highest BCUT2D eigenvalue weighted by molar-refractivity contribution is 7.92. The lowest BCUT2D eigenvalue weighted by Gasteiger charge is -2.19. The van der Waals surface area contributed by atoms with Crippen LogP contribution in [-0.2, 0) is 19.4 Å². The molecule has 2 amide bonds. The summed E-state index contributed by atoms with van der Waals surface area (Å²) in [6.45, 7) is 3.17. The number of carbonyl (C=O) groups is 2. The monoisotopic (exact) mass is 422 g/mol. The molecule has 0 saturated heterocycles. The highest BCUT2D eigenvalue weighted by atomic mass is 35.5. The predicted octanol–water partition coefficient (Wildman–Crippen LogP) is 3.17. The summed E-state index contributed by atoms with van der Waals surface area (Å²) in [5, 5.41) is 4.78. The lowest BCUT2D eigenvalue weighted by atomic mass is 10.2. The molecular weight excluding hydrogens is 404 g/mol. The Kier molecular flexibility index (Phi) is 5.62. The minimum atomic E-state index is -3.79. The summed E-state index contributed by atoms with van der Waals surface area (Å²) in [5.74, 6) is -0.386. The Bertz CT molecular complexity index is 1050. The van der Waals surface area contributed by atoms with E-state index in [1.165, 1.54) is 25.1 Å². The third kappa shape index (κ3) is 4.28. The average molecular weight is 423 g/mol. The molecule has 1 unspecified atom stereocenters. The highest BCUT2D eigenvalue weighted by Gasteiger charge is 2.28. The maximum absolute atomic E-state index is 12.9. The number of fused-ring (bicyclic) bond motifs is 1. The molecule has 0 saturated carbocycles. The number of halogens is 1. The minimum Gasteiger partial charge on any atom is -0.482 e. The zero-order chi connectivity index (χ0) is 20.5. The van der Waals surface area contributed by atoms with Crippen molar-refractivity contribution in [1.29, 1.82) is 0 Å². The van der Waals surface area contributed by atoms with Crippen LogP contribution in [0.2, 0.25) is 5.02 Å². The molecular formula is C19H19ClN2O5S. The number of rotatable bonds is 5. The van der Waals surface area contributed by atoms with Gasteiger partial charge in [0.15, 0.2) is 16.4 Å². The largest absolute Gasteiger partial charge is 0.482 e. The molecule has 9 heteroatoms. The van der Waals surface area contributed by atoms with Crippen LogP contribution < -0.4 is 15.4 Å². The Balaban J connectivity index is 1.75. The number of carbonyl (C=O) groups excluding carboxylic acids is 2. The molecule has 28 heavy (non-hydrogen) atoms.